The average molecular weight is 449 g/mol. The van der Waals surface area contributed by atoms with E-state index < -0.39 is 16.0 Å². The SMILES string of the molecule is COC(=O)c1cccc(NS(=O)(=O)c2cc(Br)ccc2Br)c1. The molecule has 0 aromatic heterocycles. The molecule has 0 radical (unpaired) electrons. The minimum atomic E-state index is -3.79. The number of nitrogens with one attached hydrogen (secondary N) is 1. The fraction of sp³-hybridized carbons (Fsp3) is 0.0714. The Morgan fingerprint density at radius 3 is 2.55 bits per heavy atom. The second-order valence-electron chi connectivity index (χ2n) is 4.25. The average Bonchev–Trinajstić information content (AvgIpc) is 2.48. The maximum Gasteiger partial charge on any atom is 0.337 e. The number of esters is 1. The first-order chi connectivity index (χ1) is 10.3. The molecule has 0 heterocycles. The molecule has 2 aromatic rings. The summed E-state index contributed by atoms with van der Waals surface area (Å²) >= 11 is 6.45. The van der Waals surface area contributed by atoms with E-state index in [1.165, 1.54) is 19.2 Å². The van der Waals surface area contributed by atoms with Crippen molar-refractivity contribution in [3.8, 4) is 0 Å². The van der Waals surface area contributed by atoms with E-state index in [1.54, 1.807) is 30.3 Å². The van der Waals surface area contributed by atoms with Crippen LogP contribution in [0.1, 0.15) is 10.4 Å². The van der Waals surface area contributed by atoms with Crippen molar-refractivity contribution in [1.29, 1.82) is 0 Å². The van der Waals surface area contributed by atoms with Crippen molar-refractivity contribution in [3.05, 3.63) is 57.0 Å². The molecule has 2 aromatic carbocycles. The Labute approximate surface area is 145 Å². The third kappa shape index (κ3) is 3.88. The number of methoxy groups -OCH3 is 1. The second kappa shape index (κ2) is 6.80. The Hall–Kier alpha value is -1.38. The summed E-state index contributed by atoms with van der Waals surface area (Å²) in [5, 5.41) is 0. The van der Waals surface area contributed by atoms with Gasteiger partial charge in [0.05, 0.1) is 12.7 Å². The highest BCUT2D eigenvalue weighted by molar-refractivity contribution is 9.11. The van der Waals surface area contributed by atoms with Gasteiger partial charge in [0.2, 0.25) is 0 Å². The monoisotopic (exact) mass is 447 g/mol. The molecule has 0 aliphatic rings. The van der Waals surface area contributed by atoms with Crippen molar-refractivity contribution in [2.45, 2.75) is 4.90 Å². The molecule has 1 N–H and O–H groups in total. The molecule has 0 unspecified atom stereocenters. The first kappa shape index (κ1) is 17.0. The van der Waals surface area contributed by atoms with Gasteiger partial charge in [-0.3, -0.25) is 4.72 Å². The lowest BCUT2D eigenvalue weighted by molar-refractivity contribution is 0.0601. The number of carbonyl (C=O) groups excluding carboxylic acids is 1. The Kier molecular flexibility index (Phi) is 5.25. The molecule has 0 saturated heterocycles. The van der Waals surface area contributed by atoms with Crippen LogP contribution in [0.5, 0.6) is 0 Å². The molecule has 0 bridgehead atoms. The van der Waals surface area contributed by atoms with Gasteiger partial charge >= 0.3 is 5.97 Å². The number of hydrogen-bond donors (Lipinski definition) is 1. The number of halogens is 2. The van der Waals surface area contributed by atoms with Crippen LogP contribution in [0.15, 0.2) is 56.3 Å². The quantitative estimate of drug-likeness (QED) is 0.722. The maximum atomic E-state index is 12.4. The summed E-state index contributed by atoms with van der Waals surface area (Å²) < 4.78 is 33.0. The number of rotatable bonds is 4. The summed E-state index contributed by atoms with van der Waals surface area (Å²) in [4.78, 5) is 11.6. The van der Waals surface area contributed by atoms with Crippen LogP contribution >= 0.6 is 31.9 Å². The Morgan fingerprint density at radius 2 is 1.86 bits per heavy atom. The molecule has 0 atom stereocenters. The maximum absolute atomic E-state index is 12.4. The lowest BCUT2D eigenvalue weighted by Gasteiger charge is -2.11. The van der Waals surface area contributed by atoms with Crippen LogP contribution in [-0.2, 0) is 14.8 Å². The van der Waals surface area contributed by atoms with Gasteiger partial charge < -0.3 is 4.74 Å². The van der Waals surface area contributed by atoms with Gasteiger partial charge in [-0.05, 0) is 52.3 Å². The first-order valence-electron chi connectivity index (χ1n) is 6.00. The molecule has 116 valence electrons. The van der Waals surface area contributed by atoms with Gasteiger partial charge in [0, 0.05) is 14.6 Å². The van der Waals surface area contributed by atoms with Crippen LogP contribution in [0.3, 0.4) is 0 Å². The Balaban J connectivity index is 2.37. The van der Waals surface area contributed by atoms with Crippen molar-refractivity contribution >= 4 is 53.5 Å². The Bertz CT molecular complexity index is 821. The Morgan fingerprint density at radius 1 is 1.14 bits per heavy atom. The van der Waals surface area contributed by atoms with Gasteiger partial charge in [-0.25, -0.2) is 13.2 Å². The van der Waals surface area contributed by atoms with E-state index >= 15 is 0 Å². The normalized spacial score (nSPS) is 11.0. The van der Waals surface area contributed by atoms with Crippen LogP contribution in [-0.4, -0.2) is 21.5 Å². The molecule has 0 amide bonds. The van der Waals surface area contributed by atoms with Gasteiger partial charge in [0.1, 0.15) is 4.90 Å². The zero-order chi connectivity index (χ0) is 16.3. The number of benzene rings is 2. The third-order valence-corrected chi connectivity index (χ3v) is 5.59. The summed E-state index contributed by atoms with van der Waals surface area (Å²) in [5.74, 6) is -0.537. The number of sulfonamides is 1. The summed E-state index contributed by atoms with van der Waals surface area (Å²) in [6.07, 6.45) is 0. The topological polar surface area (TPSA) is 72.5 Å². The summed E-state index contributed by atoms with van der Waals surface area (Å²) in [6.45, 7) is 0. The highest BCUT2D eigenvalue weighted by Crippen LogP contribution is 2.27. The van der Waals surface area contributed by atoms with Crippen LogP contribution < -0.4 is 4.72 Å². The fourth-order valence-corrected chi connectivity index (χ4v) is 4.27. The van der Waals surface area contributed by atoms with Crippen LogP contribution in [0, 0.1) is 0 Å². The molecule has 0 saturated carbocycles. The van der Waals surface area contributed by atoms with E-state index in [-0.39, 0.29) is 16.1 Å². The van der Waals surface area contributed by atoms with Gasteiger partial charge in [-0.15, -0.1) is 0 Å². The summed E-state index contributed by atoms with van der Waals surface area (Å²) in [5.41, 5.74) is 0.533. The summed E-state index contributed by atoms with van der Waals surface area (Å²) in [7, 11) is -2.53. The minimum Gasteiger partial charge on any atom is -0.465 e. The van der Waals surface area contributed by atoms with E-state index in [0.29, 0.717) is 8.95 Å². The third-order valence-electron chi connectivity index (χ3n) is 2.72. The number of anilines is 1. The fourth-order valence-electron chi connectivity index (χ4n) is 1.72. The predicted molar refractivity (Wildman–Crippen MR) is 90.4 cm³/mol. The first-order valence-corrected chi connectivity index (χ1v) is 9.06. The van der Waals surface area contributed by atoms with E-state index in [1.807, 2.05) is 0 Å². The molecule has 0 fully saturated rings. The molecule has 8 heteroatoms. The van der Waals surface area contributed by atoms with Crippen molar-refractivity contribution in [3.63, 3.8) is 0 Å². The van der Waals surface area contributed by atoms with Crippen LogP contribution in [0.4, 0.5) is 5.69 Å². The largest absolute Gasteiger partial charge is 0.465 e. The van der Waals surface area contributed by atoms with E-state index in [9.17, 15) is 13.2 Å². The minimum absolute atomic E-state index is 0.0883. The number of ether oxygens (including phenoxy) is 1. The van der Waals surface area contributed by atoms with E-state index in [0.717, 1.165) is 0 Å². The smallest absolute Gasteiger partial charge is 0.337 e. The molecular weight excluding hydrogens is 438 g/mol. The second-order valence-corrected chi connectivity index (χ2v) is 7.67. The van der Waals surface area contributed by atoms with Crippen molar-refractivity contribution in [2.24, 2.45) is 0 Å². The summed E-state index contributed by atoms with van der Waals surface area (Å²) in [6, 6.07) is 10.9. The highest BCUT2D eigenvalue weighted by Gasteiger charge is 2.19. The molecular formula is C14H11Br2NO4S. The molecule has 22 heavy (non-hydrogen) atoms. The van der Waals surface area contributed by atoms with Gasteiger partial charge in [0.15, 0.2) is 0 Å². The molecule has 0 aliphatic carbocycles. The number of carbonyl (C=O) groups is 1. The van der Waals surface area contributed by atoms with Crippen molar-refractivity contribution in [2.75, 3.05) is 11.8 Å². The van der Waals surface area contributed by atoms with Crippen LogP contribution in [0.2, 0.25) is 0 Å². The number of hydrogen-bond acceptors (Lipinski definition) is 4. The van der Waals surface area contributed by atoms with E-state index in [4.69, 9.17) is 0 Å². The van der Waals surface area contributed by atoms with Crippen LogP contribution in [0.25, 0.3) is 0 Å². The van der Waals surface area contributed by atoms with Crippen molar-refractivity contribution < 1.29 is 17.9 Å². The predicted octanol–water partition coefficient (Wildman–Crippen LogP) is 3.80. The molecule has 0 aliphatic heterocycles. The molecule has 2 rings (SSSR count). The zero-order valence-electron chi connectivity index (χ0n) is 11.3. The molecule has 0 spiro atoms. The zero-order valence-corrected chi connectivity index (χ0v) is 15.3. The molecule has 5 nitrogen and oxygen atoms in total. The van der Waals surface area contributed by atoms with E-state index in [2.05, 4.69) is 41.3 Å². The van der Waals surface area contributed by atoms with Gasteiger partial charge in [0.25, 0.3) is 10.0 Å². The standard InChI is InChI=1S/C14H11Br2NO4S/c1-21-14(18)9-3-2-4-11(7-9)17-22(19,20)13-8-10(15)5-6-12(13)16/h2-8,17H,1H3. The highest BCUT2D eigenvalue weighted by atomic mass is 79.9. The van der Waals surface area contributed by atoms with Gasteiger partial charge in [-0.2, -0.15) is 0 Å². The van der Waals surface area contributed by atoms with Crippen molar-refractivity contribution in [1.82, 2.24) is 0 Å². The van der Waals surface area contributed by atoms with Gasteiger partial charge in [-0.1, -0.05) is 22.0 Å². The lowest BCUT2D eigenvalue weighted by Crippen LogP contribution is -2.14. The lowest BCUT2D eigenvalue weighted by atomic mass is 10.2.